The molecule has 0 bridgehead atoms. The molecule has 0 radical (unpaired) electrons. The predicted octanol–water partition coefficient (Wildman–Crippen LogP) is 2.41. The minimum Gasteiger partial charge on any atom is -0.480 e. The molecular formula is C16H24N2O4. The van der Waals surface area contributed by atoms with Crippen molar-refractivity contribution in [2.75, 3.05) is 0 Å². The molecule has 2 rings (SSSR count). The second-order valence-electron chi connectivity index (χ2n) is 6.75. The van der Waals surface area contributed by atoms with E-state index in [9.17, 15) is 14.7 Å². The van der Waals surface area contributed by atoms with Crippen LogP contribution in [0.2, 0.25) is 0 Å². The summed E-state index contributed by atoms with van der Waals surface area (Å²) < 4.78 is 5.11. The molecule has 0 saturated carbocycles. The van der Waals surface area contributed by atoms with Crippen molar-refractivity contribution in [3.05, 3.63) is 23.0 Å². The second-order valence-corrected chi connectivity index (χ2v) is 6.75. The minimum absolute atomic E-state index is 0.224. The average molecular weight is 308 g/mol. The zero-order valence-corrected chi connectivity index (χ0v) is 13.4. The molecule has 0 aromatic carbocycles. The number of carboxylic acid groups (broad SMARTS) is 1. The van der Waals surface area contributed by atoms with Gasteiger partial charge >= 0.3 is 12.1 Å². The number of carboxylic acids is 1. The number of hydrogen-bond acceptors (Lipinski definition) is 3. The summed E-state index contributed by atoms with van der Waals surface area (Å²) in [6, 6.07) is 1.01. The molecule has 3 N–H and O–H groups in total. The fourth-order valence-corrected chi connectivity index (χ4v) is 2.65. The SMILES string of the molecule is CC(C)(C)OC(=O)NC(Cc1cc2c([nH]1)CCCC2)C(=O)O. The van der Waals surface area contributed by atoms with E-state index in [1.54, 1.807) is 20.8 Å². The van der Waals surface area contributed by atoms with E-state index in [0.29, 0.717) is 0 Å². The highest BCUT2D eigenvalue weighted by molar-refractivity contribution is 5.80. The number of hydrogen-bond donors (Lipinski definition) is 3. The average Bonchev–Trinajstić information content (AvgIpc) is 2.77. The van der Waals surface area contributed by atoms with Crippen LogP contribution in [0.1, 0.15) is 50.6 Å². The summed E-state index contributed by atoms with van der Waals surface area (Å²) in [6.45, 7) is 5.21. The van der Waals surface area contributed by atoms with Crippen LogP contribution in [-0.4, -0.2) is 33.8 Å². The smallest absolute Gasteiger partial charge is 0.408 e. The number of ether oxygens (including phenoxy) is 1. The van der Waals surface area contributed by atoms with E-state index in [2.05, 4.69) is 10.3 Å². The van der Waals surface area contributed by atoms with Gasteiger partial charge in [-0.1, -0.05) is 0 Å². The van der Waals surface area contributed by atoms with E-state index in [-0.39, 0.29) is 6.42 Å². The van der Waals surface area contributed by atoms with Gasteiger partial charge in [-0.25, -0.2) is 9.59 Å². The first-order valence-electron chi connectivity index (χ1n) is 7.66. The van der Waals surface area contributed by atoms with Crippen LogP contribution >= 0.6 is 0 Å². The first-order chi connectivity index (χ1) is 10.2. The monoisotopic (exact) mass is 308 g/mol. The maximum absolute atomic E-state index is 11.8. The highest BCUT2D eigenvalue weighted by Gasteiger charge is 2.25. The van der Waals surface area contributed by atoms with Crippen molar-refractivity contribution in [2.45, 2.75) is 64.5 Å². The van der Waals surface area contributed by atoms with Gasteiger partial charge in [-0.15, -0.1) is 0 Å². The summed E-state index contributed by atoms with van der Waals surface area (Å²) in [4.78, 5) is 26.4. The Bertz CT molecular complexity index is 533. The molecule has 1 aliphatic carbocycles. The van der Waals surface area contributed by atoms with Crippen molar-refractivity contribution in [1.82, 2.24) is 10.3 Å². The van der Waals surface area contributed by atoms with Crippen LogP contribution in [0, 0.1) is 0 Å². The lowest BCUT2D eigenvalue weighted by Crippen LogP contribution is -2.44. The van der Waals surface area contributed by atoms with Gasteiger partial charge in [0.2, 0.25) is 0 Å². The molecule has 1 aliphatic rings. The number of rotatable bonds is 4. The summed E-state index contributed by atoms with van der Waals surface area (Å²) in [5.74, 6) is -1.07. The minimum atomic E-state index is -1.07. The van der Waals surface area contributed by atoms with Crippen molar-refractivity contribution in [3.63, 3.8) is 0 Å². The number of nitrogens with one attached hydrogen (secondary N) is 2. The normalized spacial score (nSPS) is 15.8. The molecule has 1 unspecified atom stereocenters. The van der Waals surface area contributed by atoms with Crippen LogP contribution in [0.15, 0.2) is 6.07 Å². The molecule has 6 nitrogen and oxygen atoms in total. The van der Waals surface area contributed by atoms with Crippen LogP contribution in [0.4, 0.5) is 4.79 Å². The highest BCUT2D eigenvalue weighted by atomic mass is 16.6. The largest absolute Gasteiger partial charge is 0.480 e. The fraction of sp³-hybridized carbons (Fsp3) is 0.625. The standard InChI is InChI=1S/C16H24N2O4/c1-16(2,3)22-15(21)18-13(14(19)20)9-11-8-10-6-4-5-7-12(10)17-11/h8,13,17H,4-7,9H2,1-3H3,(H,18,21)(H,19,20). The number of aliphatic carboxylic acids is 1. The van der Waals surface area contributed by atoms with Gasteiger partial charge in [-0.05, 0) is 58.1 Å². The van der Waals surface area contributed by atoms with E-state index in [1.807, 2.05) is 6.07 Å². The van der Waals surface area contributed by atoms with Crippen LogP contribution in [0.5, 0.6) is 0 Å². The molecule has 0 spiro atoms. The van der Waals surface area contributed by atoms with Crippen molar-refractivity contribution >= 4 is 12.1 Å². The number of fused-ring (bicyclic) bond motifs is 1. The third-order valence-electron chi connectivity index (χ3n) is 3.58. The maximum atomic E-state index is 11.8. The Balaban J connectivity index is 2.01. The summed E-state index contributed by atoms with van der Waals surface area (Å²) >= 11 is 0. The Morgan fingerprint density at radius 2 is 2.05 bits per heavy atom. The lowest BCUT2D eigenvalue weighted by atomic mass is 9.98. The second kappa shape index (κ2) is 6.42. The van der Waals surface area contributed by atoms with E-state index < -0.39 is 23.7 Å². The molecule has 122 valence electrons. The van der Waals surface area contributed by atoms with Crippen LogP contribution < -0.4 is 5.32 Å². The van der Waals surface area contributed by atoms with E-state index in [0.717, 1.165) is 25.0 Å². The first-order valence-corrected chi connectivity index (χ1v) is 7.66. The third-order valence-corrected chi connectivity index (χ3v) is 3.58. The first kappa shape index (κ1) is 16.4. The molecule has 1 amide bonds. The van der Waals surface area contributed by atoms with E-state index >= 15 is 0 Å². The summed E-state index contributed by atoms with van der Waals surface area (Å²) in [5.41, 5.74) is 2.65. The Hall–Kier alpha value is -1.98. The maximum Gasteiger partial charge on any atom is 0.408 e. The van der Waals surface area contributed by atoms with Crippen molar-refractivity contribution in [2.24, 2.45) is 0 Å². The Morgan fingerprint density at radius 3 is 2.64 bits per heavy atom. The molecule has 0 aliphatic heterocycles. The number of aromatic amines is 1. The van der Waals surface area contributed by atoms with Crippen LogP contribution in [0.25, 0.3) is 0 Å². The predicted molar refractivity (Wildman–Crippen MR) is 81.9 cm³/mol. The van der Waals surface area contributed by atoms with Gasteiger partial charge in [0.15, 0.2) is 0 Å². The number of carbonyl (C=O) groups is 2. The van der Waals surface area contributed by atoms with Gasteiger partial charge in [0.1, 0.15) is 11.6 Å². The number of amides is 1. The Morgan fingerprint density at radius 1 is 1.36 bits per heavy atom. The van der Waals surface area contributed by atoms with Crippen LogP contribution in [0.3, 0.4) is 0 Å². The van der Waals surface area contributed by atoms with Crippen molar-refractivity contribution < 1.29 is 19.4 Å². The topological polar surface area (TPSA) is 91.4 Å². The Kier molecular flexibility index (Phi) is 4.78. The van der Waals surface area contributed by atoms with Crippen molar-refractivity contribution in [3.8, 4) is 0 Å². The molecular weight excluding hydrogens is 284 g/mol. The molecule has 1 aromatic rings. The quantitative estimate of drug-likeness (QED) is 0.796. The van der Waals surface area contributed by atoms with Gasteiger partial charge < -0.3 is 20.1 Å². The van der Waals surface area contributed by atoms with Gasteiger partial charge in [-0.2, -0.15) is 0 Å². The zero-order valence-electron chi connectivity index (χ0n) is 13.4. The molecule has 1 heterocycles. The molecule has 0 saturated heterocycles. The van der Waals surface area contributed by atoms with E-state index in [4.69, 9.17) is 4.74 Å². The van der Waals surface area contributed by atoms with E-state index in [1.165, 1.54) is 17.7 Å². The van der Waals surface area contributed by atoms with Gasteiger partial charge in [0, 0.05) is 17.8 Å². The fourth-order valence-electron chi connectivity index (χ4n) is 2.65. The van der Waals surface area contributed by atoms with Crippen LogP contribution in [-0.2, 0) is 28.8 Å². The zero-order chi connectivity index (χ0) is 16.3. The summed E-state index contributed by atoms with van der Waals surface area (Å²) in [7, 11) is 0. The number of aryl methyl sites for hydroxylation is 2. The van der Waals surface area contributed by atoms with Crippen molar-refractivity contribution in [1.29, 1.82) is 0 Å². The third kappa shape index (κ3) is 4.51. The summed E-state index contributed by atoms with van der Waals surface area (Å²) in [6.07, 6.45) is 3.88. The van der Waals surface area contributed by atoms with Gasteiger partial charge in [0.25, 0.3) is 0 Å². The Labute approximate surface area is 130 Å². The molecule has 22 heavy (non-hydrogen) atoms. The van der Waals surface area contributed by atoms with Gasteiger partial charge in [0.05, 0.1) is 0 Å². The molecule has 6 heteroatoms. The number of alkyl carbamates (subject to hydrolysis) is 1. The van der Waals surface area contributed by atoms with Gasteiger partial charge in [-0.3, -0.25) is 0 Å². The summed E-state index contributed by atoms with van der Waals surface area (Å²) in [5, 5.41) is 11.7. The number of carbonyl (C=O) groups excluding carboxylic acids is 1. The highest BCUT2D eigenvalue weighted by Crippen LogP contribution is 2.22. The number of H-pyrrole nitrogens is 1. The lowest BCUT2D eigenvalue weighted by molar-refractivity contribution is -0.139. The number of aromatic nitrogens is 1. The molecule has 0 fully saturated rings. The molecule has 1 aromatic heterocycles. The molecule has 1 atom stereocenters. The lowest BCUT2D eigenvalue weighted by Gasteiger charge is -2.21.